The number of rotatable bonds is 7. The Kier molecular flexibility index (Phi) is 6.79. The molecule has 0 bridgehead atoms. The average Bonchev–Trinajstić information content (AvgIpc) is 3.25. The highest BCUT2D eigenvalue weighted by atomic mass is 16.5. The number of aromatic nitrogens is 2. The lowest BCUT2D eigenvalue weighted by Gasteiger charge is -2.26. The van der Waals surface area contributed by atoms with E-state index in [0.717, 1.165) is 61.8 Å². The zero-order chi connectivity index (χ0) is 21.6. The zero-order valence-electron chi connectivity index (χ0n) is 18.3. The van der Waals surface area contributed by atoms with Crippen molar-refractivity contribution in [3.63, 3.8) is 0 Å². The molecule has 1 aromatic heterocycles. The first-order valence-corrected chi connectivity index (χ1v) is 11.0. The van der Waals surface area contributed by atoms with Gasteiger partial charge < -0.3 is 10.1 Å². The van der Waals surface area contributed by atoms with Crippen molar-refractivity contribution in [2.24, 2.45) is 0 Å². The van der Waals surface area contributed by atoms with Crippen LogP contribution in [0.15, 0.2) is 54.7 Å². The van der Waals surface area contributed by atoms with Crippen LogP contribution in [-0.4, -0.2) is 60.0 Å². The molecule has 1 aliphatic heterocycles. The first kappa shape index (κ1) is 21.3. The molecular weight excluding hydrogens is 388 g/mol. The molecule has 0 radical (unpaired) electrons. The van der Waals surface area contributed by atoms with Crippen LogP contribution in [0.4, 0.5) is 0 Å². The highest BCUT2D eigenvalue weighted by Gasteiger charge is 2.12. The van der Waals surface area contributed by atoms with E-state index in [0.29, 0.717) is 12.1 Å². The maximum absolute atomic E-state index is 12.5. The Hall–Kier alpha value is -2.96. The van der Waals surface area contributed by atoms with E-state index < -0.39 is 0 Å². The first-order chi connectivity index (χ1) is 15.1. The van der Waals surface area contributed by atoms with Gasteiger partial charge in [0.1, 0.15) is 0 Å². The summed E-state index contributed by atoms with van der Waals surface area (Å²) in [6, 6.07) is 16.3. The topological polar surface area (TPSA) is 59.4 Å². The quantitative estimate of drug-likeness (QED) is 0.638. The summed E-state index contributed by atoms with van der Waals surface area (Å²) in [5.41, 5.74) is 6.22. The molecule has 0 atom stereocenters. The van der Waals surface area contributed by atoms with Gasteiger partial charge in [-0.25, -0.2) is 4.68 Å². The maximum Gasteiger partial charge on any atom is 0.251 e. The minimum absolute atomic E-state index is 0.0335. The number of nitrogens with one attached hydrogen (secondary N) is 1. The van der Waals surface area contributed by atoms with Gasteiger partial charge in [0.15, 0.2) is 0 Å². The lowest BCUT2D eigenvalue weighted by molar-refractivity contribution is 0.0383. The van der Waals surface area contributed by atoms with Crippen LogP contribution in [0.3, 0.4) is 0 Å². The summed E-state index contributed by atoms with van der Waals surface area (Å²) in [5, 5.41) is 7.60. The molecule has 2 aromatic carbocycles. The van der Waals surface area contributed by atoms with Gasteiger partial charge >= 0.3 is 0 Å². The van der Waals surface area contributed by atoms with Gasteiger partial charge in [-0.3, -0.25) is 9.69 Å². The van der Waals surface area contributed by atoms with Crippen molar-refractivity contribution >= 4 is 5.91 Å². The van der Waals surface area contributed by atoms with Gasteiger partial charge in [-0.2, -0.15) is 5.10 Å². The highest BCUT2D eigenvalue weighted by molar-refractivity contribution is 5.94. The van der Waals surface area contributed by atoms with E-state index >= 15 is 0 Å². The fraction of sp³-hybridized carbons (Fsp3) is 0.360. The molecule has 0 aliphatic carbocycles. The third-order valence-electron chi connectivity index (χ3n) is 5.73. The minimum Gasteiger partial charge on any atom is -0.379 e. The Balaban J connectivity index is 1.43. The Morgan fingerprint density at radius 1 is 1.06 bits per heavy atom. The maximum atomic E-state index is 12.5. The molecule has 1 aliphatic rings. The highest BCUT2D eigenvalue weighted by Crippen LogP contribution is 2.25. The van der Waals surface area contributed by atoms with Gasteiger partial charge in [-0.1, -0.05) is 31.2 Å². The molecule has 1 saturated heterocycles. The van der Waals surface area contributed by atoms with Gasteiger partial charge in [0, 0.05) is 37.9 Å². The number of ether oxygens (including phenoxy) is 1. The number of hydrogen-bond donors (Lipinski definition) is 1. The molecule has 3 aromatic rings. The number of benzene rings is 2. The van der Waals surface area contributed by atoms with Crippen molar-refractivity contribution in [3.8, 4) is 16.8 Å². The summed E-state index contributed by atoms with van der Waals surface area (Å²) in [6.45, 7) is 9.06. The van der Waals surface area contributed by atoms with Crippen LogP contribution in [0, 0.1) is 6.92 Å². The molecule has 4 rings (SSSR count). The van der Waals surface area contributed by atoms with Crippen LogP contribution in [0.1, 0.15) is 28.5 Å². The predicted octanol–water partition coefficient (Wildman–Crippen LogP) is 3.47. The Bertz CT molecular complexity index is 1020. The van der Waals surface area contributed by atoms with Crippen LogP contribution < -0.4 is 5.32 Å². The van der Waals surface area contributed by atoms with Gasteiger partial charge in [0.05, 0.1) is 24.6 Å². The second kappa shape index (κ2) is 9.90. The predicted molar refractivity (Wildman–Crippen MR) is 123 cm³/mol. The van der Waals surface area contributed by atoms with Crippen molar-refractivity contribution in [1.82, 2.24) is 20.0 Å². The summed E-state index contributed by atoms with van der Waals surface area (Å²) in [6.07, 6.45) is 2.94. The van der Waals surface area contributed by atoms with Crippen LogP contribution in [0.2, 0.25) is 0 Å². The molecule has 31 heavy (non-hydrogen) atoms. The molecule has 0 saturated carbocycles. The number of hydrogen-bond acceptors (Lipinski definition) is 4. The number of aryl methyl sites for hydroxylation is 2. The van der Waals surface area contributed by atoms with E-state index in [9.17, 15) is 4.79 Å². The van der Waals surface area contributed by atoms with Crippen molar-refractivity contribution in [1.29, 1.82) is 0 Å². The summed E-state index contributed by atoms with van der Waals surface area (Å²) in [5.74, 6) is -0.0335. The number of morpholine rings is 1. The largest absolute Gasteiger partial charge is 0.379 e. The fourth-order valence-electron chi connectivity index (χ4n) is 3.87. The molecular formula is C25H30N4O2. The van der Waals surface area contributed by atoms with Crippen LogP contribution >= 0.6 is 0 Å². The molecule has 6 nitrogen and oxygen atoms in total. The normalized spacial score (nSPS) is 14.5. The van der Waals surface area contributed by atoms with E-state index in [-0.39, 0.29) is 5.91 Å². The number of nitrogens with zero attached hydrogens (tertiary/aromatic N) is 3. The third-order valence-corrected chi connectivity index (χ3v) is 5.73. The van der Waals surface area contributed by atoms with E-state index in [2.05, 4.69) is 40.4 Å². The van der Waals surface area contributed by atoms with Crippen LogP contribution in [0.25, 0.3) is 16.8 Å². The summed E-state index contributed by atoms with van der Waals surface area (Å²) in [4.78, 5) is 14.8. The van der Waals surface area contributed by atoms with Crippen LogP contribution in [0.5, 0.6) is 0 Å². The SMILES string of the molecule is CCc1ccc(-c2ccc(C(=O)NCCN3CCOCC3)cc2)cc1-n1ccc(C)n1. The van der Waals surface area contributed by atoms with Crippen molar-refractivity contribution in [3.05, 3.63) is 71.5 Å². The monoisotopic (exact) mass is 418 g/mol. The summed E-state index contributed by atoms with van der Waals surface area (Å²) < 4.78 is 7.30. The smallest absolute Gasteiger partial charge is 0.251 e. The Morgan fingerprint density at radius 2 is 1.81 bits per heavy atom. The molecule has 162 valence electrons. The number of amides is 1. The van der Waals surface area contributed by atoms with Crippen LogP contribution in [-0.2, 0) is 11.2 Å². The average molecular weight is 419 g/mol. The molecule has 2 heterocycles. The summed E-state index contributed by atoms with van der Waals surface area (Å²) >= 11 is 0. The van der Waals surface area contributed by atoms with Gasteiger partial charge in [0.25, 0.3) is 5.91 Å². The second-order valence-corrected chi connectivity index (χ2v) is 7.89. The van der Waals surface area contributed by atoms with Crippen molar-refractivity contribution in [2.45, 2.75) is 20.3 Å². The van der Waals surface area contributed by atoms with E-state index in [1.54, 1.807) is 0 Å². The Labute approximate surface area is 183 Å². The third kappa shape index (κ3) is 5.21. The molecule has 1 fully saturated rings. The van der Waals surface area contributed by atoms with Gasteiger partial charge in [-0.15, -0.1) is 0 Å². The number of carbonyl (C=O) groups excluding carboxylic acids is 1. The number of carbonyl (C=O) groups is 1. The zero-order valence-corrected chi connectivity index (χ0v) is 18.3. The van der Waals surface area contributed by atoms with Gasteiger partial charge in [-0.05, 0) is 54.3 Å². The first-order valence-electron chi connectivity index (χ1n) is 11.0. The van der Waals surface area contributed by atoms with E-state index in [1.807, 2.05) is 48.1 Å². The standard InChI is InChI=1S/C25H30N4O2/c1-3-20-4-9-23(18-24(20)29-12-10-19(2)27-29)21-5-7-22(8-6-21)25(30)26-11-13-28-14-16-31-17-15-28/h4-10,12,18H,3,11,13-17H2,1-2H3,(H,26,30). The molecule has 1 amide bonds. The molecule has 0 spiro atoms. The van der Waals surface area contributed by atoms with Crippen molar-refractivity contribution in [2.75, 3.05) is 39.4 Å². The van der Waals surface area contributed by atoms with Gasteiger partial charge in [0.2, 0.25) is 0 Å². The fourth-order valence-corrected chi connectivity index (χ4v) is 3.87. The second-order valence-electron chi connectivity index (χ2n) is 7.89. The van der Waals surface area contributed by atoms with E-state index in [1.165, 1.54) is 5.56 Å². The van der Waals surface area contributed by atoms with Crippen molar-refractivity contribution < 1.29 is 9.53 Å². The Morgan fingerprint density at radius 3 is 2.48 bits per heavy atom. The minimum atomic E-state index is -0.0335. The lowest BCUT2D eigenvalue weighted by atomic mass is 10.00. The molecule has 6 heteroatoms. The molecule has 1 N–H and O–H groups in total. The molecule has 0 unspecified atom stereocenters. The lowest BCUT2D eigenvalue weighted by Crippen LogP contribution is -2.41. The van der Waals surface area contributed by atoms with E-state index in [4.69, 9.17) is 4.74 Å². The summed E-state index contributed by atoms with van der Waals surface area (Å²) in [7, 11) is 0.